The quantitative estimate of drug-likeness (QED) is 0.319. The molecule has 1 atom stereocenters. The molecule has 0 saturated heterocycles. The highest BCUT2D eigenvalue weighted by Crippen LogP contribution is 2.37. The predicted octanol–water partition coefficient (Wildman–Crippen LogP) is 6.52. The minimum Gasteiger partial charge on any atom is -0.507 e. The van der Waals surface area contributed by atoms with Crippen LogP contribution in [0.15, 0.2) is 109 Å². The Hall–Kier alpha value is -3.61. The molecule has 0 fully saturated rings. The topological polar surface area (TPSA) is 29.5 Å². The van der Waals surface area contributed by atoms with Crippen LogP contribution < -0.4 is 15.3 Å². The van der Waals surface area contributed by atoms with Gasteiger partial charge in [0.2, 0.25) is 0 Å². The van der Waals surface area contributed by atoms with Gasteiger partial charge in [-0.2, -0.15) is 0 Å². The molecule has 32 heavy (non-hydrogen) atoms. The van der Waals surface area contributed by atoms with Crippen LogP contribution in [0.1, 0.15) is 0 Å². The van der Waals surface area contributed by atoms with Crippen LogP contribution in [0.25, 0.3) is 33.0 Å². The molecule has 5 aromatic carbocycles. The van der Waals surface area contributed by atoms with Gasteiger partial charge in [-0.15, -0.1) is 0 Å². The molecule has 2 nitrogen and oxygen atoms in total. The van der Waals surface area contributed by atoms with E-state index in [2.05, 4.69) is 66.7 Å². The number of para-hydroxylation sites is 2. The van der Waals surface area contributed by atoms with Crippen molar-refractivity contribution in [3.8, 4) is 33.8 Å². The maximum Gasteiger partial charge on any atom is 0.126 e. The first-order valence-corrected chi connectivity index (χ1v) is 11.6. The van der Waals surface area contributed by atoms with Crippen molar-refractivity contribution in [3.05, 3.63) is 109 Å². The fourth-order valence-corrected chi connectivity index (χ4v) is 5.57. The van der Waals surface area contributed by atoms with Crippen molar-refractivity contribution in [3.63, 3.8) is 0 Å². The van der Waals surface area contributed by atoms with Gasteiger partial charge in [0.15, 0.2) is 0 Å². The summed E-state index contributed by atoms with van der Waals surface area (Å²) < 4.78 is 5.64. The molecule has 1 N–H and O–H groups in total. The van der Waals surface area contributed by atoms with Gasteiger partial charge in [0.25, 0.3) is 0 Å². The van der Waals surface area contributed by atoms with Gasteiger partial charge in [0.1, 0.15) is 11.5 Å². The monoisotopic (exact) mass is 434 g/mol. The van der Waals surface area contributed by atoms with Gasteiger partial charge in [0, 0.05) is 16.7 Å². The number of aromatic hydroxyl groups is 1. The molecular formula is C29H23O2P. The largest absolute Gasteiger partial charge is 0.507 e. The second kappa shape index (κ2) is 8.86. The van der Waals surface area contributed by atoms with E-state index in [0.717, 1.165) is 33.2 Å². The first-order chi connectivity index (χ1) is 15.8. The lowest BCUT2D eigenvalue weighted by atomic mass is 9.97. The summed E-state index contributed by atoms with van der Waals surface area (Å²) in [4.78, 5) is 0. The molecule has 0 heterocycles. The van der Waals surface area contributed by atoms with Crippen LogP contribution in [0.3, 0.4) is 0 Å². The van der Waals surface area contributed by atoms with Crippen LogP contribution in [0.2, 0.25) is 0 Å². The van der Waals surface area contributed by atoms with E-state index in [9.17, 15) is 5.11 Å². The second-order valence-corrected chi connectivity index (χ2v) is 8.92. The molecule has 5 aromatic rings. The number of phenolic OH excluding ortho intramolecular Hbond substituents is 1. The molecule has 3 heteroatoms. The molecule has 0 spiro atoms. The first-order valence-electron chi connectivity index (χ1n) is 10.6. The number of phenols is 1. The van der Waals surface area contributed by atoms with Crippen molar-refractivity contribution in [2.75, 3.05) is 7.11 Å². The molecule has 0 amide bonds. The summed E-state index contributed by atoms with van der Waals surface area (Å²) >= 11 is 0. The van der Waals surface area contributed by atoms with E-state index < -0.39 is 0 Å². The Morgan fingerprint density at radius 3 is 2.06 bits per heavy atom. The van der Waals surface area contributed by atoms with Crippen LogP contribution in [-0.4, -0.2) is 12.2 Å². The summed E-state index contributed by atoms with van der Waals surface area (Å²) in [5.74, 6) is 1.16. The summed E-state index contributed by atoms with van der Waals surface area (Å²) in [7, 11) is 2.13. The number of hydrogen-bond donors (Lipinski definition) is 1. The SMILES string of the molecule is COc1ccccc1-c1ccccc1Pc1ccc2ccccc2c1-c1ccccc1O. The number of hydrogen-bond acceptors (Lipinski definition) is 2. The van der Waals surface area contributed by atoms with Crippen molar-refractivity contribution in [2.45, 2.75) is 0 Å². The third-order valence-electron chi connectivity index (χ3n) is 5.70. The number of ether oxygens (including phenoxy) is 1. The Morgan fingerprint density at radius 1 is 0.594 bits per heavy atom. The molecule has 0 aliphatic heterocycles. The number of fused-ring (bicyclic) bond motifs is 1. The lowest BCUT2D eigenvalue weighted by Gasteiger charge is -2.17. The third kappa shape index (κ3) is 3.75. The molecule has 156 valence electrons. The molecule has 1 unspecified atom stereocenters. The van der Waals surface area contributed by atoms with Gasteiger partial charge in [-0.3, -0.25) is 0 Å². The Balaban J connectivity index is 1.70. The summed E-state index contributed by atoms with van der Waals surface area (Å²) in [5, 5.41) is 15.5. The van der Waals surface area contributed by atoms with Crippen LogP contribution in [-0.2, 0) is 0 Å². The maximum atomic E-state index is 10.7. The predicted molar refractivity (Wildman–Crippen MR) is 137 cm³/mol. The Bertz CT molecular complexity index is 1410. The van der Waals surface area contributed by atoms with Crippen molar-refractivity contribution < 1.29 is 9.84 Å². The molecule has 0 radical (unpaired) electrons. The highest BCUT2D eigenvalue weighted by Gasteiger charge is 2.16. The van der Waals surface area contributed by atoms with Gasteiger partial charge >= 0.3 is 0 Å². The third-order valence-corrected chi connectivity index (χ3v) is 7.09. The minimum atomic E-state index is 0.299. The average molecular weight is 434 g/mol. The Morgan fingerprint density at radius 2 is 1.25 bits per heavy atom. The van der Waals surface area contributed by atoms with Crippen molar-refractivity contribution in [1.82, 2.24) is 0 Å². The van der Waals surface area contributed by atoms with E-state index in [-0.39, 0.29) is 0 Å². The molecule has 0 aliphatic rings. The zero-order chi connectivity index (χ0) is 21.9. The Kier molecular flexibility index (Phi) is 5.62. The van der Waals surface area contributed by atoms with Crippen LogP contribution in [0, 0.1) is 0 Å². The number of rotatable bonds is 5. The van der Waals surface area contributed by atoms with Gasteiger partial charge < -0.3 is 9.84 Å². The lowest BCUT2D eigenvalue weighted by Crippen LogP contribution is -2.10. The van der Waals surface area contributed by atoms with E-state index in [1.807, 2.05) is 36.4 Å². The highest BCUT2D eigenvalue weighted by molar-refractivity contribution is 7.56. The normalized spacial score (nSPS) is 11.3. The van der Waals surface area contributed by atoms with E-state index in [1.54, 1.807) is 13.2 Å². The van der Waals surface area contributed by atoms with Gasteiger partial charge in [0.05, 0.1) is 7.11 Å². The Labute approximate surface area is 189 Å². The summed E-state index contributed by atoms with van der Waals surface area (Å²) in [6, 6.07) is 37.0. The maximum absolute atomic E-state index is 10.7. The zero-order valence-electron chi connectivity index (χ0n) is 17.7. The van der Waals surface area contributed by atoms with Gasteiger partial charge in [-0.25, -0.2) is 0 Å². The highest BCUT2D eigenvalue weighted by atomic mass is 31.1. The number of benzene rings is 5. The fraction of sp³-hybridized carbons (Fsp3) is 0.0345. The van der Waals surface area contributed by atoms with Crippen LogP contribution in [0.5, 0.6) is 11.5 Å². The molecular weight excluding hydrogens is 411 g/mol. The average Bonchev–Trinajstić information content (AvgIpc) is 2.85. The summed E-state index contributed by atoms with van der Waals surface area (Å²) in [5.41, 5.74) is 4.21. The van der Waals surface area contributed by atoms with Crippen molar-refractivity contribution in [1.29, 1.82) is 0 Å². The smallest absolute Gasteiger partial charge is 0.126 e. The second-order valence-electron chi connectivity index (χ2n) is 7.60. The molecule has 5 rings (SSSR count). The van der Waals surface area contributed by atoms with Gasteiger partial charge in [-0.1, -0.05) is 106 Å². The van der Waals surface area contributed by atoms with E-state index in [4.69, 9.17) is 4.74 Å². The van der Waals surface area contributed by atoms with E-state index in [1.165, 1.54) is 16.2 Å². The van der Waals surface area contributed by atoms with E-state index in [0.29, 0.717) is 14.3 Å². The molecule has 0 aliphatic carbocycles. The fourth-order valence-electron chi connectivity index (χ4n) is 4.19. The van der Waals surface area contributed by atoms with Crippen LogP contribution >= 0.6 is 8.58 Å². The zero-order valence-corrected chi connectivity index (χ0v) is 18.7. The molecule has 0 aromatic heterocycles. The summed E-state index contributed by atoms with van der Waals surface area (Å²) in [6.45, 7) is 0. The molecule has 0 bridgehead atoms. The van der Waals surface area contributed by atoms with Gasteiger partial charge in [-0.05, 0) is 39.1 Å². The summed E-state index contributed by atoms with van der Waals surface area (Å²) in [6.07, 6.45) is 0. The van der Waals surface area contributed by atoms with Crippen LogP contribution in [0.4, 0.5) is 0 Å². The number of methoxy groups -OCH3 is 1. The van der Waals surface area contributed by atoms with E-state index >= 15 is 0 Å². The van der Waals surface area contributed by atoms with Crippen molar-refractivity contribution in [2.24, 2.45) is 0 Å². The molecule has 0 saturated carbocycles. The lowest BCUT2D eigenvalue weighted by molar-refractivity contribution is 0.416. The minimum absolute atomic E-state index is 0.299. The standard InChI is InChI=1S/C29H23O2P/c1-31-26-16-8-5-12-22(26)23-13-6-9-17-27(23)32-28-19-18-20-10-2-3-11-21(20)29(28)24-14-4-7-15-25(24)30/h2-19,30,32H,1H3. The van der Waals surface area contributed by atoms with Crippen molar-refractivity contribution >= 4 is 30.0 Å². The first kappa shape index (κ1) is 20.3.